The second kappa shape index (κ2) is 67.6. The maximum atomic E-state index is 14.5. The Kier molecular flexibility index (Phi) is 57.0. The summed E-state index contributed by atoms with van der Waals surface area (Å²) in [6, 6.07) is 6.75. The molecule has 0 saturated carbocycles. The first-order chi connectivity index (χ1) is 64.9. The highest BCUT2D eigenvalue weighted by Gasteiger charge is 2.39. The molecule has 14 amide bonds. The second-order valence-corrected chi connectivity index (χ2v) is 32.1. The number of phenolic OH excluding ortho intramolecular Hbond substituents is 1. The summed E-state index contributed by atoms with van der Waals surface area (Å²) in [6.07, 6.45) is 2.06. The van der Waals surface area contributed by atoms with E-state index in [1.807, 2.05) is 50.8 Å². The van der Waals surface area contributed by atoms with E-state index in [-0.39, 0.29) is 248 Å². The van der Waals surface area contributed by atoms with Crippen molar-refractivity contribution in [1.29, 1.82) is 0 Å². The number of aliphatic imine (C=N–C) groups is 2. The predicted octanol–water partition coefficient (Wildman–Crippen LogP) is -7.83. The predicted molar refractivity (Wildman–Crippen MR) is 498 cm³/mol. The molecular weight excluding hydrogens is 1760 g/mol. The number of nitrogens with two attached hydrogens (primary N) is 4. The van der Waals surface area contributed by atoms with Gasteiger partial charge in [0.25, 0.3) is 0 Å². The number of fused-ring (bicyclic) bond motifs is 1. The Labute approximate surface area is 787 Å². The van der Waals surface area contributed by atoms with Crippen LogP contribution >= 0.6 is 0 Å². The van der Waals surface area contributed by atoms with E-state index in [1.165, 1.54) is 39.8 Å². The molecule has 0 radical (unpaired) electrons. The lowest BCUT2D eigenvalue weighted by Crippen LogP contribution is -2.58. The number of aromatic hydroxyl groups is 1. The van der Waals surface area contributed by atoms with E-state index in [1.54, 1.807) is 23.2 Å². The number of guanidine groups is 2. The van der Waals surface area contributed by atoms with Crippen molar-refractivity contribution in [1.82, 2.24) is 98.6 Å². The fourth-order valence-corrected chi connectivity index (χ4v) is 14.0. The topological polar surface area (TPSA) is 650 Å². The van der Waals surface area contributed by atoms with Gasteiger partial charge >= 0.3 is 0 Å². The number of aromatic nitrogens is 1. The second-order valence-electron chi connectivity index (χ2n) is 32.1. The van der Waals surface area contributed by atoms with Gasteiger partial charge in [-0.3, -0.25) is 96.7 Å². The number of ether oxygens (including phenoxy) is 8. The summed E-state index contributed by atoms with van der Waals surface area (Å²) in [5, 5.41) is 46.6. The highest BCUT2D eigenvalue weighted by atomic mass is 16.5. The molecule has 5 rings (SSSR count). The molecule has 48 heteroatoms. The molecular formula is C87H145N25O23. The number of nitrogens with zero attached hydrogens (tertiary/aromatic N) is 7. The minimum atomic E-state index is -1.37. The van der Waals surface area contributed by atoms with Gasteiger partial charge in [-0.2, -0.15) is 0 Å². The number of benzene rings is 2. The van der Waals surface area contributed by atoms with Gasteiger partial charge in [0.1, 0.15) is 36.0 Å². The maximum Gasteiger partial charge on any atom is 0.245 e. The van der Waals surface area contributed by atoms with Gasteiger partial charge in [-0.15, -0.1) is 0 Å². The summed E-state index contributed by atoms with van der Waals surface area (Å²) in [7, 11) is 0. The average Bonchev–Trinajstić information content (AvgIpc) is 1.68. The van der Waals surface area contributed by atoms with Crippen LogP contribution in [0.5, 0.6) is 5.75 Å². The van der Waals surface area contributed by atoms with Crippen LogP contribution in [0.15, 0.2) is 64.7 Å². The molecule has 1 aromatic heterocycles. The number of phenols is 1. The molecule has 1 unspecified atom stereocenters. The van der Waals surface area contributed by atoms with Crippen LogP contribution in [0.25, 0.3) is 10.9 Å². The standard InChI is InChI=1S/C87H145N25O23/c1-61-52-75(107-82(124)72(13-9-19-100-87(90)91)104-76(118)56-102-81(123)71(12-8-18-99-86(88)89)105-83(125)73(53-66-14-16-68(117)17-15-66)106-84(126)74(103-65(5)116)54-67-55-101-70-11-7-6-10-69(67)70)85(127)112(61)35-43-135-51-50-134-42-26-98-80(122)60-111-33-31-109(58-78(120)96-24-40-132-48-45-129-37-21-93-63(3)114)29-27-108(57-77(119)95-23-39-131-47-44-128-36-20-92-62(2)113)28-30-110(32-34-111)59-79(121)97-25-41-133-49-46-130-38-22-94-64(4)115/h6-7,10-11,14-17,55,61,71-75,101,117H,8-9,12-13,18-54,56-60H2,1-5H3,(H,92,113)(H,93,114)(H,94,115)(H,95,119)(H,96,120)(H,97,121)(H,98,122)(H,102,123)(H,103,116)(H,104,118)(H,105,125)(H,106,126)(H,107,124)(H4,88,89,99)(H4,90,91,100)/t61?,71-,72-,73-,74-,75-/m0/s1. The van der Waals surface area contributed by atoms with Gasteiger partial charge in [-0.05, 0) is 68.4 Å². The van der Waals surface area contributed by atoms with E-state index in [0.717, 1.165) is 10.9 Å². The number of hydrogen-bond donors (Lipinski definition) is 19. The first kappa shape index (κ1) is 114. The van der Waals surface area contributed by atoms with Crippen molar-refractivity contribution in [3.05, 3.63) is 65.9 Å². The number of carbonyl (C=O) groups is 14. The third-order valence-electron chi connectivity index (χ3n) is 20.9. The molecule has 2 aliphatic rings. The molecule has 2 aliphatic heterocycles. The number of rotatable bonds is 67. The largest absolute Gasteiger partial charge is 0.508 e. The molecule has 0 aliphatic carbocycles. The van der Waals surface area contributed by atoms with Crippen LogP contribution in [-0.2, 0) is 118 Å². The van der Waals surface area contributed by atoms with Crippen molar-refractivity contribution in [2.45, 2.75) is 116 Å². The Bertz CT molecular complexity index is 4100. The summed E-state index contributed by atoms with van der Waals surface area (Å²) < 4.78 is 45.1. The zero-order valence-electron chi connectivity index (χ0n) is 78.6. The highest BCUT2D eigenvalue weighted by Crippen LogP contribution is 2.22. The van der Waals surface area contributed by atoms with Gasteiger partial charge in [-0.25, -0.2) is 0 Å². The van der Waals surface area contributed by atoms with E-state index in [0.29, 0.717) is 123 Å². The smallest absolute Gasteiger partial charge is 0.245 e. The highest BCUT2D eigenvalue weighted by molar-refractivity contribution is 5.97. The molecule has 0 spiro atoms. The zero-order chi connectivity index (χ0) is 98.3. The van der Waals surface area contributed by atoms with Crippen LogP contribution in [0.1, 0.15) is 77.8 Å². The van der Waals surface area contributed by atoms with Crippen molar-refractivity contribution in [2.24, 2.45) is 32.9 Å². The Morgan fingerprint density at radius 3 is 1.19 bits per heavy atom. The molecule has 2 fully saturated rings. The lowest BCUT2D eigenvalue weighted by molar-refractivity contribution is -0.135. The quantitative estimate of drug-likeness (QED) is 0.0142. The number of amides is 14. The van der Waals surface area contributed by atoms with Crippen LogP contribution in [0.3, 0.4) is 0 Å². The molecule has 3 aromatic rings. The van der Waals surface area contributed by atoms with Crippen molar-refractivity contribution in [3.8, 4) is 5.75 Å². The molecule has 23 N–H and O–H groups in total. The number of hydrogen-bond acceptors (Lipinski definition) is 29. The minimum Gasteiger partial charge on any atom is -0.508 e. The van der Waals surface area contributed by atoms with Crippen LogP contribution in [-0.4, -0.2) is 422 Å². The van der Waals surface area contributed by atoms with Gasteiger partial charge in [0.05, 0.1) is 138 Å². The van der Waals surface area contributed by atoms with E-state index < -0.39 is 78.1 Å². The summed E-state index contributed by atoms with van der Waals surface area (Å²) in [6.45, 7) is 15.1. The summed E-state index contributed by atoms with van der Waals surface area (Å²) >= 11 is 0. The van der Waals surface area contributed by atoms with Crippen molar-refractivity contribution >= 4 is 106 Å². The number of carbonyl (C=O) groups excluding carboxylic acids is 14. The molecule has 756 valence electrons. The van der Waals surface area contributed by atoms with Crippen LogP contribution in [0.2, 0.25) is 0 Å². The van der Waals surface area contributed by atoms with Crippen molar-refractivity contribution in [3.63, 3.8) is 0 Å². The summed E-state index contributed by atoms with van der Waals surface area (Å²) in [4.78, 5) is 206. The zero-order valence-corrected chi connectivity index (χ0v) is 78.6. The third-order valence-corrected chi connectivity index (χ3v) is 20.9. The molecule has 135 heavy (non-hydrogen) atoms. The van der Waals surface area contributed by atoms with Crippen LogP contribution < -0.4 is 92.1 Å². The van der Waals surface area contributed by atoms with Gasteiger partial charge in [0, 0.05) is 181 Å². The average molecular weight is 1910 g/mol. The van der Waals surface area contributed by atoms with Gasteiger partial charge in [-0.1, -0.05) is 30.3 Å². The van der Waals surface area contributed by atoms with Gasteiger partial charge in [0.2, 0.25) is 82.7 Å². The lowest BCUT2D eigenvalue weighted by Gasteiger charge is -2.33. The summed E-state index contributed by atoms with van der Waals surface area (Å²) in [5.41, 5.74) is 24.3. The molecule has 3 heterocycles. The van der Waals surface area contributed by atoms with Crippen molar-refractivity contribution in [2.75, 3.05) is 256 Å². The van der Waals surface area contributed by atoms with Crippen LogP contribution in [0, 0.1) is 0 Å². The number of likely N-dealkylation sites (tertiary alicyclic amines) is 1. The SMILES string of the molecule is CC(=O)NCCOCCOCCNC(=O)CN1CCN(CC(=O)NCCOCCOCCNC(C)=O)CCN(CC(=O)NCCOCCOCCN2C(=O)[C@@H](NC(=O)[C@H](CCCN=C(N)N)NC(=O)CNC(=O)[C@H](CCCN=C(N)N)NC(=O)[C@H](Cc3ccc(O)cc3)NC(=O)[C@H](Cc3c[nH]c4ccccc34)NC(C)=O)CC2C)CCN(CC(=O)NCCOCCOCCNC(C)=O)CC1. The Balaban J connectivity index is 1.15. The van der Waals surface area contributed by atoms with Gasteiger partial charge in [0.15, 0.2) is 11.9 Å². The molecule has 6 atom stereocenters. The maximum absolute atomic E-state index is 14.5. The Morgan fingerprint density at radius 1 is 0.422 bits per heavy atom. The normalized spacial score (nSPS) is 15.5. The Morgan fingerprint density at radius 2 is 0.793 bits per heavy atom. The number of H-pyrrole nitrogens is 1. The van der Waals surface area contributed by atoms with E-state index in [2.05, 4.69) is 84.1 Å². The monoisotopic (exact) mass is 1910 g/mol. The fraction of sp³-hybridized carbons (Fsp3) is 0.655. The number of para-hydroxylation sites is 1. The van der Waals surface area contributed by atoms with E-state index >= 15 is 0 Å². The first-order valence-electron chi connectivity index (χ1n) is 45.7. The van der Waals surface area contributed by atoms with Gasteiger partial charge < -0.3 is 145 Å². The lowest BCUT2D eigenvalue weighted by atomic mass is 10.0. The Hall–Kier alpha value is -11.6. The minimum absolute atomic E-state index is 0.00639. The molecule has 2 saturated heterocycles. The number of aromatic amines is 1. The first-order valence-corrected chi connectivity index (χ1v) is 45.7. The fourth-order valence-electron chi connectivity index (χ4n) is 14.0. The number of nitrogens with one attached hydrogen (secondary N) is 14. The van der Waals surface area contributed by atoms with Crippen LogP contribution in [0.4, 0.5) is 0 Å². The summed E-state index contributed by atoms with van der Waals surface area (Å²) in [5.74, 6) is -6.94. The third kappa shape index (κ3) is 52.2. The van der Waals surface area contributed by atoms with E-state index in [9.17, 15) is 72.2 Å². The molecule has 48 nitrogen and oxygen atoms in total. The van der Waals surface area contributed by atoms with E-state index in [4.69, 9.17) is 60.8 Å². The molecule has 0 bridgehead atoms. The van der Waals surface area contributed by atoms with Crippen molar-refractivity contribution < 1.29 is 110 Å². The molecule has 2 aromatic carbocycles.